The van der Waals surface area contributed by atoms with Crippen molar-refractivity contribution in [3.8, 4) is 0 Å². The van der Waals surface area contributed by atoms with Crippen molar-refractivity contribution >= 4 is 17.0 Å². The predicted octanol–water partition coefficient (Wildman–Crippen LogP) is -1.98. The Morgan fingerprint density at radius 2 is 2.05 bits per heavy atom. The first-order chi connectivity index (χ1) is 9.13. The number of fused-ring (bicyclic) bond motifs is 1. The number of aliphatic hydroxyl groups is 3. The van der Waals surface area contributed by atoms with Crippen molar-refractivity contribution in [2.24, 2.45) is 0 Å². The van der Waals surface area contributed by atoms with E-state index in [4.69, 9.17) is 15.6 Å². The molecule has 0 bridgehead atoms. The first-order valence-electron chi connectivity index (χ1n) is 5.69. The molecule has 19 heavy (non-hydrogen) atoms. The van der Waals surface area contributed by atoms with Gasteiger partial charge < -0.3 is 25.8 Å². The average molecular weight is 267 g/mol. The summed E-state index contributed by atoms with van der Waals surface area (Å²) in [5.41, 5.74) is 6.44. The Morgan fingerprint density at radius 3 is 2.74 bits per heavy atom. The van der Waals surface area contributed by atoms with Gasteiger partial charge in [0.1, 0.15) is 30.2 Å². The third-order valence-electron chi connectivity index (χ3n) is 3.18. The number of nitrogens with zero attached hydrogens (tertiary/aromatic N) is 4. The Kier molecular flexibility index (Phi) is 2.82. The number of aromatic nitrogens is 4. The molecule has 1 aliphatic rings. The quantitative estimate of drug-likeness (QED) is 0.491. The molecule has 0 aliphatic carbocycles. The van der Waals surface area contributed by atoms with Crippen LogP contribution in [-0.2, 0) is 4.74 Å². The molecule has 5 N–H and O–H groups in total. The number of nitrogen functional groups attached to an aromatic ring is 1. The molecule has 2 aromatic heterocycles. The number of imidazole rings is 1. The molecule has 0 spiro atoms. The lowest BCUT2D eigenvalue weighted by Gasteiger charge is -2.16. The van der Waals surface area contributed by atoms with Crippen molar-refractivity contribution in [3.05, 3.63) is 12.7 Å². The van der Waals surface area contributed by atoms with E-state index in [1.54, 1.807) is 0 Å². The topological polar surface area (TPSA) is 140 Å². The molecule has 1 saturated heterocycles. The molecule has 0 saturated carbocycles. The van der Waals surface area contributed by atoms with Crippen LogP contribution < -0.4 is 5.73 Å². The second-order valence-electron chi connectivity index (χ2n) is 4.31. The van der Waals surface area contributed by atoms with Crippen LogP contribution >= 0.6 is 0 Å². The number of rotatable bonds is 2. The third kappa shape index (κ3) is 1.75. The Hall–Kier alpha value is -1.81. The fourth-order valence-corrected chi connectivity index (χ4v) is 2.17. The highest BCUT2D eigenvalue weighted by atomic mass is 16.6. The van der Waals surface area contributed by atoms with Gasteiger partial charge in [0.15, 0.2) is 17.7 Å². The number of anilines is 1. The summed E-state index contributed by atoms with van der Waals surface area (Å²) in [7, 11) is 0. The summed E-state index contributed by atoms with van der Waals surface area (Å²) >= 11 is 0. The van der Waals surface area contributed by atoms with E-state index in [-0.39, 0.29) is 5.82 Å². The molecule has 1 aliphatic heterocycles. The van der Waals surface area contributed by atoms with Gasteiger partial charge in [0.2, 0.25) is 0 Å². The molecular weight excluding hydrogens is 254 g/mol. The molecule has 9 nitrogen and oxygen atoms in total. The highest BCUT2D eigenvalue weighted by Gasteiger charge is 2.43. The van der Waals surface area contributed by atoms with Crippen LogP contribution in [0.2, 0.25) is 0 Å². The molecular formula is C10H13N5O4. The lowest BCUT2D eigenvalue weighted by Crippen LogP contribution is -2.33. The summed E-state index contributed by atoms with van der Waals surface area (Å²) in [6, 6.07) is 0. The van der Waals surface area contributed by atoms with Crippen LogP contribution in [0.25, 0.3) is 11.2 Å². The first kappa shape index (κ1) is 12.2. The second-order valence-corrected chi connectivity index (χ2v) is 4.31. The third-order valence-corrected chi connectivity index (χ3v) is 3.18. The highest BCUT2D eigenvalue weighted by Crippen LogP contribution is 2.31. The smallest absolute Gasteiger partial charge is 0.167 e. The summed E-state index contributed by atoms with van der Waals surface area (Å²) in [4.78, 5) is 11.9. The minimum atomic E-state index is -1.19. The Balaban J connectivity index is 2.04. The van der Waals surface area contributed by atoms with Crippen LogP contribution in [0.3, 0.4) is 0 Å². The van der Waals surface area contributed by atoms with Gasteiger partial charge in [-0.1, -0.05) is 0 Å². The maximum Gasteiger partial charge on any atom is 0.167 e. The first-order valence-corrected chi connectivity index (χ1v) is 5.69. The molecule has 9 heteroatoms. The second kappa shape index (κ2) is 4.38. The molecule has 0 aromatic carbocycles. The van der Waals surface area contributed by atoms with Gasteiger partial charge in [-0.05, 0) is 0 Å². The summed E-state index contributed by atoms with van der Waals surface area (Å²) < 4.78 is 6.85. The van der Waals surface area contributed by atoms with Gasteiger partial charge in [-0.15, -0.1) is 0 Å². The Bertz CT molecular complexity index is 603. The molecule has 0 radical (unpaired) electrons. The molecule has 0 amide bonds. The monoisotopic (exact) mass is 267 g/mol. The van der Waals surface area contributed by atoms with Gasteiger partial charge in [0, 0.05) is 0 Å². The molecule has 3 heterocycles. The standard InChI is InChI=1S/C10H13N5O4/c11-8-5-9(13-2-12-8)15(3-14-5)10-7(18)6(17)4(1-16)19-10/h2-4,6-7,10,16-18H,1H2,(H2,11,12,13)/t4-,6?,7+,10?/m1/s1. The molecule has 2 aromatic rings. The van der Waals surface area contributed by atoms with Crippen LogP contribution in [0, 0.1) is 0 Å². The minimum Gasteiger partial charge on any atom is -0.394 e. The lowest BCUT2D eigenvalue weighted by molar-refractivity contribution is -0.0511. The van der Waals surface area contributed by atoms with E-state index < -0.39 is 31.1 Å². The van der Waals surface area contributed by atoms with Crippen LogP contribution in [0.15, 0.2) is 12.7 Å². The zero-order valence-corrected chi connectivity index (χ0v) is 9.79. The summed E-state index contributed by atoms with van der Waals surface area (Å²) in [6.45, 7) is -0.390. The van der Waals surface area contributed by atoms with Crippen LogP contribution in [0.1, 0.15) is 6.23 Å². The van der Waals surface area contributed by atoms with E-state index in [2.05, 4.69) is 15.0 Å². The van der Waals surface area contributed by atoms with Gasteiger partial charge in [-0.3, -0.25) is 4.57 Å². The van der Waals surface area contributed by atoms with Gasteiger partial charge >= 0.3 is 0 Å². The lowest BCUT2D eigenvalue weighted by atomic mass is 10.1. The molecule has 2 unspecified atom stereocenters. The molecule has 102 valence electrons. The largest absolute Gasteiger partial charge is 0.394 e. The number of hydrogen-bond acceptors (Lipinski definition) is 8. The Morgan fingerprint density at radius 1 is 1.26 bits per heavy atom. The van der Waals surface area contributed by atoms with Crippen LogP contribution in [0.4, 0.5) is 5.82 Å². The van der Waals surface area contributed by atoms with E-state index in [1.807, 2.05) is 0 Å². The number of hydrogen-bond donors (Lipinski definition) is 4. The Labute approximate surface area is 107 Å². The number of nitrogens with two attached hydrogens (primary N) is 1. The van der Waals surface area contributed by atoms with E-state index in [1.165, 1.54) is 17.2 Å². The van der Waals surface area contributed by atoms with Gasteiger partial charge in [-0.25, -0.2) is 15.0 Å². The van der Waals surface area contributed by atoms with E-state index in [0.717, 1.165) is 0 Å². The SMILES string of the molecule is Nc1ncnc2c1ncn2C1O[C@H](CO)C(O)[C@@H]1O. The minimum absolute atomic E-state index is 0.218. The van der Waals surface area contributed by atoms with Crippen molar-refractivity contribution in [3.63, 3.8) is 0 Å². The fourth-order valence-electron chi connectivity index (χ4n) is 2.17. The number of ether oxygens (including phenoxy) is 1. The average Bonchev–Trinajstić information content (AvgIpc) is 2.94. The maximum absolute atomic E-state index is 9.95. The van der Waals surface area contributed by atoms with Crippen molar-refractivity contribution in [2.45, 2.75) is 24.5 Å². The van der Waals surface area contributed by atoms with Gasteiger partial charge in [-0.2, -0.15) is 0 Å². The highest BCUT2D eigenvalue weighted by molar-refractivity contribution is 5.81. The predicted molar refractivity (Wildman–Crippen MR) is 62.7 cm³/mol. The molecule has 1 fully saturated rings. The summed E-state index contributed by atoms with van der Waals surface area (Å²) in [6.07, 6.45) is -1.42. The zero-order valence-electron chi connectivity index (χ0n) is 9.79. The summed E-state index contributed by atoms with van der Waals surface area (Å²) in [5, 5.41) is 28.7. The van der Waals surface area contributed by atoms with Gasteiger partial charge in [0.05, 0.1) is 12.9 Å². The summed E-state index contributed by atoms with van der Waals surface area (Å²) in [5.74, 6) is 0.218. The van der Waals surface area contributed by atoms with Crippen molar-refractivity contribution in [2.75, 3.05) is 12.3 Å². The number of aliphatic hydroxyl groups excluding tert-OH is 3. The van der Waals surface area contributed by atoms with E-state index in [9.17, 15) is 10.2 Å². The van der Waals surface area contributed by atoms with Crippen molar-refractivity contribution in [1.29, 1.82) is 0 Å². The molecule has 3 rings (SSSR count). The molecule has 4 atom stereocenters. The maximum atomic E-state index is 9.95. The van der Waals surface area contributed by atoms with Crippen LogP contribution in [-0.4, -0.2) is 59.8 Å². The zero-order chi connectivity index (χ0) is 13.6. The van der Waals surface area contributed by atoms with Crippen molar-refractivity contribution in [1.82, 2.24) is 19.5 Å². The van der Waals surface area contributed by atoms with Crippen LogP contribution in [0.5, 0.6) is 0 Å². The van der Waals surface area contributed by atoms with Gasteiger partial charge in [0.25, 0.3) is 0 Å². The van der Waals surface area contributed by atoms with Crippen molar-refractivity contribution < 1.29 is 20.1 Å². The van der Waals surface area contributed by atoms with E-state index >= 15 is 0 Å². The normalized spacial score (nSPS) is 31.1. The fraction of sp³-hybridized carbons (Fsp3) is 0.500. The van der Waals surface area contributed by atoms with E-state index in [0.29, 0.717) is 11.2 Å².